The van der Waals surface area contributed by atoms with Crippen LogP contribution in [-0.2, 0) is 34.4 Å². The molecule has 2 aliphatic rings. The number of pyridine rings is 1. The Morgan fingerprint density at radius 2 is 1.93 bits per heavy atom. The third-order valence-corrected chi connectivity index (χ3v) is 8.89. The number of amides is 3. The number of ether oxygens (including phenoxy) is 1. The lowest BCUT2D eigenvalue weighted by Gasteiger charge is -2.35. The predicted molar refractivity (Wildman–Crippen MR) is 170 cm³/mol. The molecule has 3 N–H and O–H groups in total. The van der Waals surface area contributed by atoms with Crippen molar-refractivity contribution in [2.24, 2.45) is 7.05 Å². The molecule has 12 nitrogen and oxygen atoms in total. The molecular formula is C32H33ClFN7O5. The van der Waals surface area contributed by atoms with Crippen LogP contribution in [0.4, 0.5) is 10.1 Å². The van der Waals surface area contributed by atoms with Gasteiger partial charge in [-0.3, -0.25) is 34.5 Å². The van der Waals surface area contributed by atoms with Crippen molar-refractivity contribution in [3.8, 4) is 16.9 Å². The van der Waals surface area contributed by atoms with Crippen LogP contribution in [0.15, 0.2) is 47.5 Å². The number of nitrogens with one attached hydrogen (secondary N) is 3. The molecule has 4 aromatic rings. The number of halogens is 2. The summed E-state index contributed by atoms with van der Waals surface area (Å²) < 4.78 is 22.2. The van der Waals surface area contributed by atoms with E-state index in [1.807, 2.05) is 12.1 Å². The third-order valence-electron chi connectivity index (χ3n) is 8.55. The second-order valence-corrected chi connectivity index (χ2v) is 12.0. The number of fused-ring (bicyclic) bond motifs is 1. The molecule has 46 heavy (non-hydrogen) atoms. The zero-order chi connectivity index (χ0) is 32.5. The number of piperidine rings is 1. The van der Waals surface area contributed by atoms with Gasteiger partial charge < -0.3 is 19.5 Å². The Bertz CT molecular complexity index is 1900. The second kappa shape index (κ2) is 12.9. The average molecular weight is 650 g/mol. The summed E-state index contributed by atoms with van der Waals surface area (Å²) in [7, 11) is 3.26. The normalized spacial score (nSPS) is 17.3. The van der Waals surface area contributed by atoms with Crippen LogP contribution in [0.25, 0.3) is 22.0 Å². The fourth-order valence-corrected chi connectivity index (χ4v) is 6.22. The van der Waals surface area contributed by atoms with E-state index >= 15 is 0 Å². The van der Waals surface area contributed by atoms with Crippen molar-refractivity contribution in [1.82, 2.24) is 29.9 Å². The molecule has 2 aromatic carbocycles. The number of hydrogen-bond donors (Lipinski definition) is 3. The van der Waals surface area contributed by atoms with E-state index in [4.69, 9.17) is 16.3 Å². The first-order chi connectivity index (χ1) is 22.1. The number of benzene rings is 2. The van der Waals surface area contributed by atoms with E-state index < -0.39 is 17.8 Å². The first-order valence-electron chi connectivity index (χ1n) is 14.9. The van der Waals surface area contributed by atoms with Crippen LogP contribution in [0.3, 0.4) is 0 Å². The zero-order valence-corrected chi connectivity index (χ0v) is 26.1. The highest BCUT2D eigenvalue weighted by Gasteiger charge is 2.27. The first-order valence-corrected chi connectivity index (χ1v) is 15.3. The molecule has 4 heterocycles. The molecule has 2 aliphatic heterocycles. The number of nitrogens with zero attached hydrogens (tertiary/aromatic N) is 4. The minimum Gasteiger partial charge on any atom is -0.496 e. The van der Waals surface area contributed by atoms with Gasteiger partial charge in [0.15, 0.2) is 0 Å². The van der Waals surface area contributed by atoms with Gasteiger partial charge >= 0.3 is 0 Å². The van der Waals surface area contributed by atoms with E-state index in [2.05, 4.69) is 25.7 Å². The van der Waals surface area contributed by atoms with Crippen LogP contribution < -0.4 is 20.9 Å². The Kier molecular flexibility index (Phi) is 8.78. The van der Waals surface area contributed by atoms with E-state index in [0.717, 1.165) is 16.7 Å². The first kappa shape index (κ1) is 31.2. The summed E-state index contributed by atoms with van der Waals surface area (Å²) in [4.78, 5) is 52.8. The van der Waals surface area contributed by atoms with Gasteiger partial charge in [-0.05, 0) is 41.8 Å². The molecule has 0 spiro atoms. The van der Waals surface area contributed by atoms with Gasteiger partial charge in [0.25, 0.3) is 5.56 Å². The van der Waals surface area contributed by atoms with Crippen molar-refractivity contribution in [2.45, 2.75) is 31.8 Å². The molecule has 0 aliphatic carbocycles. The quantitative estimate of drug-likeness (QED) is 0.248. The van der Waals surface area contributed by atoms with Gasteiger partial charge in [-0.1, -0.05) is 17.7 Å². The number of imide groups is 1. The number of H-pyrrole nitrogens is 1. The number of piperazine rings is 1. The fraction of sp³-hybridized carbons (Fsp3) is 0.344. The average Bonchev–Trinajstić information content (AvgIpc) is 3.53. The van der Waals surface area contributed by atoms with E-state index in [9.17, 15) is 23.6 Å². The van der Waals surface area contributed by atoms with Gasteiger partial charge in [-0.25, -0.2) is 4.39 Å². The predicted octanol–water partition coefficient (Wildman–Crippen LogP) is 2.83. The van der Waals surface area contributed by atoms with Crippen molar-refractivity contribution in [1.29, 1.82) is 0 Å². The van der Waals surface area contributed by atoms with Gasteiger partial charge in [0, 0.05) is 79.6 Å². The summed E-state index contributed by atoms with van der Waals surface area (Å²) in [6, 6.07) is 7.57. The summed E-state index contributed by atoms with van der Waals surface area (Å²) in [6.45, 7) is 2.66. The zero-order valence-electron chi connectivity index (χ0n) is 25.4. The topological polar surface area (TPSA) is 142 Å². The molecule has 0 saturated carbocycles. The molecule has 3 amide bonds. The monoisotopic (exact) mass is 649 g/mol. The van der Waals surface area contributed by atoms with Crippen molar-refractivity contribution >= 4 is 45.9 Å². The molecule has 2 aromatic heterocycles. The van der Waals surface area contributed by atoms with Crippen LogP contribution in [0.2, 0.25) is 5.02 Å². The summed E-state index contributed by atoms with van der Waals surface area (Å²) in [5, 5.41) is 13.2. The number of aromatic nitrogens is 3. The molecule has 2 saturated heterocycles. The Morgan fingerprint density at radius 3 is 2.65 bits per heavy atom. The fourth-order valence-electron chi connectivity index (χ4n) is 5.95. The molecule has 2 fully saturated rings. The molecule has 1 unspecified atom stereocenters. The van der Waals surface area contributed by atoms with Crippen LogP contribution >= 0.6 is 11.6 Å². The second-order valence-electron chi connectivity index (χ2n) is 11.5. The Balaban J connectivity index is 1.07. The smallest absolute Gasteiger partial charge is 0.276 e. The van der Waals surface area contributed by atoms with E-state index in [-0.39, 0.29) is 35.8 Å². The van der Waals surface area contributed by atoms with E-state index in [1.165, 1.54) is 10.6 Å². The molecular weight excluding hydrogens is 617 g/mol. The van der Waals surface area contributed by atoms with Gasteiger partial charge in [0.05, 0.1) is 19.7 Å². The maximum Gasteiger partial charge on any atom is 0.276 e. The number of carbonyl (C=O) groups excluding carboxylic acids is 3. The van der Waals surface area contributed by atoms with E-state index in [0.29, 0.717) is 66.5 Å². The van der Waals surface area contributed by atoms with Crippen molar-refractivity contribution in [2.75, 3.05) is 38.6 Å². The van der Waals surface area contributed by atoms with Gasteiger partial charge in [-0.15, -0.1) is 0 Å². The lowest BCUT2D eigenvalue weighted by Crippen LogP contribution is -2.48. The van der Waals surface area contributed by atoms with Crippen LogP contribution in [0.5, 0.6) is 5.75 Å². The van der Waals surface area contributed by atoms with Crippen molar-refractivity contribution in [3.63, 3.8) is 0 Å². The SMILES string of the molecule is COc1cc(-c2cn(C)c(=O)c3[nH]ncc23)cc(Cl)c1CN1CCN(C(=O)Cc2ccc(NC3CCC(=O)NC3=O)cc2F)CC1. The van der Waals surface area contributed by atoms with Crippen LogP contribution in [0.1, 0.15) is 24.0 Å². The Morgan fingerprint density at radius 1 is 1.15 bits per heavy atom. The number of aryl methyl sites for hydroxylation is 1. The minimum absolute atomic E-state index is 0.0827. The summed E-state index contributed by atoms with van der Waals surface area (Å²) >= 11 is 6.81. The molecule has 0 radical (unpaired) electrons. The van der Waals surface area contributed by atoms with Crippen molar-refractivity contribution < 1.29 is 23.5 Å². The number of carbonyl (C=O) groups is 3. The summed E-state index contributed by atoms with van der Waals surface area (Å²) in [6.07, 6.45) is 3.83. The number of rotatable bonds is 8. The number of aromatic amines is 1. The molecule has 240 valence electrons. The summed E-state index contributed by atoms with van der Waals surface area (Å²) in [5.41, 5.74) is 3.30. The van der Waals surface area contributed by atoms with Crippen LogP contribution in [0, 0.1) is 5.82 Å². The summed E-state index contributed by atoms with van der Waals surface area (Å²) in [5.74, 6) is -0.868. The number of methoxy groups -OCH3 is 1. The number of hydrogen-bond acceptors (Lipinski definition) is 8. The molecule has 0 bridgehead atoms. The standard InChI is InChI=1S/C32H33ClFN7O5/c1-39-16-22(21-15-35-38-30(21)32(39)45)19-11-24(33)23(27(12-19)46-2)17-40-7-9-41(10-8-40)29(43)13-18-3-4-20(14-25(18)34)36-26-5-6-28(42)37-31(26)44/h3-4,11-12,14-16,26,36H,5-10,13,17H2,1-2H3,(H,35,38)(H,37,42,44). The third kappa shape index (κ3) is 6.33. The minimum atomic E-state index is -0.623. The highest BCUT2D eigenvalue weighted by molar-refractivity contribution is 6.32. The molecule has 6 rings (SSSR count). The Hall–Kier alpha value is -4.75. The Labute approximate surface area is 268 Å². The highest BCUT2D eigenvalue weighted by Crippen LogP contribution is 2.36. The van der Waals surface area contributed by atoms with E-state index in [1.54, 1.807) is 43.6 Å². The van der Waals surface area contributed by atoms with Crippen LogP contribution in [-0.4, -0.2) is 81.6 Å². The van der Waals surface area contributed by atoms with Gasteiger partial charge in [0.2, 0.25) is 17.7 Å². The molecule has 1 atom stereocenters. The van der Waals surface area contributed by atoms with Gasteiger partial charge in [-0.2, -0.15) is 5.10 Å². The molecule has 14 heteroatoms. The highest BCUT2D eigenvalue weighted by atomic mass is 35.5. The lowest BCUT2D eigenvalue weighted by molar-refractivity contribution is -0.134. The lowest BCUT2D eigenvalue weighted by atomic mass is 10.0. The maximum atomic E-state index is 14.9. The van der Waals surface area contributed by atoms with Gasteiger partial charge in [0.1, 0.15) is 23.1 Å². The largest absolute Gasteiger partial charge is 0.496 e. The number of anilines is 1. The van der Waals surface area contributed by atoms with Crippen molar-refractivity contribution in [3.05, 3.63) is 75.0 Å². The maximum absolute atomic E-state index is 14.9.